The summed E-state index contributed by atoms with van der Waals surface area (Å²) in [6.07, 6.45) is 0. The number of benzene rings is 2. The number of thioether (sulfide) groups is 1. The topological polar surface area (TPSA) is 98.1 Å². The van der Waals surface area contributed by atoms with Crippen molar-refractivity contribution in [1.29, 1.82) is 0 Å². The SMILES string of the molecule is CC(C)CNC(=O)NC(=O)C(C)Sc1nnc(COc2ccccc2F)n1-c1ccccc1. The van der Waals surface area contributed by atoms with Crippen molar-refractivity contribution < 1.29 is 18.7 Å². The van der Waals surface area contributed by atoms with Crippen molar-refractivity contribution in [3.05, 3.63) is 66.2 Å². The number of amides is 3. The third-order valence-electron chi connectivity index (χ3n) is 4.47. The van der Waals surface area contributed by atoms with Crippen molar-refractivity contribution in [2.45, 2.75) is 37.8 Å². The molecule has 8 nitrogen and oxygen atoms in total. The number of nitrogens with zero attached hydrogens (tertiary/aromatic N) is 3. The summed E-state index contributed by atoms with van der Waals surface area (Å²) in [5.74, 6) is -0.109. The molecule has 3 amide bonds. The summed E-state index contributed by atoms with van der Waals surface area (Å²) >= 11 is 1.15. The Labute approximate surface area is 195 Å². The summed E-state index contributed by atoms with van der Waals surface area (Å²) in [7, 11) is 0. The minimum absolute atomic E-state index is 0.0262. The highest BCUT2D eigenvalue weighted by molar-refractivity contribution is 8.00. The van der Waals surface area contributed by atoms with E-state index in [4.69, 9.17) is 4.74 Å². The maximum absolute atomic E-state index is 13.9. The van der Waals surface area contributed by atoms with E-state index in [1.54, 1.807) is 23.6 Å². The maximum atomic E-state index is 13.9. The molecular weight excluding hydrogens is 445 g/mol. The van der Waals surface area contributed by atoms with E-state index < -0.39 is 23.0 Å². The lowest BCUT2D eigenvalue weighted by atomic mass is 10.2. The number of halogens is 1. The Bertz CT molecular complexity index is 1090. The largest absolute Gasteiger partial charge is 0.483 e. The number of imide groups is 1. The smallest absolute Gasteiger partial charge is 0.321 e. The molecular formula is C23H26FN5O3S. The van der Waals surface area contributed by atoms with Crippen LogP contribution in [0.15, 0.2) is 59.8 Å². The number of carbonyl (C=O) groups is 2. The minimum atomic E-state index is -0.623. The van der Waals surface area contributed by atoms with E-state index in [1.165, 1.54) is 12.1 Å². The highest BCUT2D eigenvalue weighted by Crippen LogP contribution is 2.27. The Morgan fingerprint density at radius 1 is 1.06 bits per heavy atom. The van der Waals surface area contributed by atoms with Crippen LogP contribution in [0.4, 0.5) is 9.18 Å². The van der Waals surface area contributed by atoms with E-state index in [2.05, 4.69) is 20.8 Å². The van der Waals surface area contributed by atoms with Crippen molar-refractivity contribution >= 4 is 23.7 Å². The number of nitrogens with one attached hydrogen (secondary N) is 2. The molecule has 0 saturated heterocycles. The lowest BCUT2D eigenvalue weighted by molar-refractivity contribution is -0.119. The molecule has 3 aromatic rings. The van der Waals surface area contributed by atoms with Crippen LogP contribution in [0.1, 0.15) is 26.6 Å². The average Bonchev–Trinajstić information content (AvgIpc) is 3.20. The predicted molar refractivity (Wildman–Crippen MR) is 124 cm³/mol. The number of hydrogen-bond acceptors (Lipinski definition) is 6. The van der Waals surface area contributed by atoms with Crippen molar-refractivity contribution in [1.82, 2.24) is 25.4 Å². The summed E-state index contributed by atoms with van der Waals surface area (Å²) in [5.41, 5.74) is 0.763. The molecule has 1 heterocycles. The van der Waals surface area contributed by atoms with Crippen LogP contribution in [0, 0.1) is 11.7 Å². The lowest BCUT2D eigenvalue weighted by Gasteiger charge is -2.14. The molecule has 1 aromatic heterocycles. The zero-order valence-corrected chi connectivity index (χ0v) is 19.4. The number of para-hydroxylation sites is 2. The summed E-state index contributed by atoms with van der Waals surface area (Å²) in [4.78, 5) is 24.4. The average molecular weight is 472 g/mol. The first-order valence-electron chi connectivity index (χ1n) is 10.5. The van der Waals surface area contributed by atoms with E-state index in [1.807, 2.05) is 44.2 Å². The summed E-state index contributed by atoms with van der Waals surface area (Å²) in [6, 6.07) is 14.9. The number of rotatable bonds is 9. The monoisotopic (exact) mass is 471 g/mol. The molecule has 0 aliphatic rings. The van der Waals surface area contributed by atoms with Gasteiger partial charge in [-0.15, -0.1) is 10.2 Å². The highest BCUT2D eigenvalue weighted by Gasteiger charge is 2.23. The van der Waals surface area contributed by atoms with Gasteiger partial charge in [0.05, 0.1) is 5.25 Å². The second-order valence-electron chi connectivity index (χ2n) is 7.64. The Morgan fingerprint density at radius 2 is 1.76 bits per heavy atom. The molecule has 0 fully saturated rings. The highest BCUT2D eigenvalue weighted by atomic mass is 32.2. The van der Waals surface area contributed by atoms with Crippen molar-refractivity contribution in [3.63, 3.8) is 0 Å². The zero-order chi connectivity index (χ0) is 23.8. The van der Waals surface area contributed by atoms with Crippen LogP contribution in [0.2, 0.25) is 0 Å². The van der Waals surface area contributed by atoms with Gasteiger partial charge in [0, 0.05) is 12.2 Å². The van der Waals surface area contributed by atoms with Crippen LogP contribution in [0.25, 0.3) is 5.69 Å². The summed E-state index contributed by atoms with van der Waals surface area (Å²) < 4.78 is 21.3. The third kappa shape index (κ3) is 6.79. The Balaban J connectivity index is 1.75. The van der Waals surface area contributed by atoms with Gasteiger partial charge in [0.1, 0.15) is 6.61 Å². The molecule has 33 heavy (non-hydrogen) atoms. The molecule has 0 bridgehead atoms. The van der Waals surface area contributed by atoms with Gasteiger partial charge in [0.2, 0.25) is 5.91 Å². The number of carbonyl (C=O) groups excluding carboxylic acids is 2. The normalized spacial score (nSPS) is 11.8. The van der Waals surface area contributed by atoms with Gasteiger partial charge in [0.25, 0.3) is 0 Å². The molecule has 2 aromatic carbocycles. The molecule has 0 spiro atoms. The van der Waals surface area contributed by atoms with Gasteiger partial charge in [-0.05, 0) is 37.1 Å². The van der Waals surface area contributed by atoms with Crippen LogP contribution in [0.5, 0.6) is 5.75 Å². The van der Waals surface area contributed by atoms with E-state index in [9.17, 15) is 14.0 Å². The first-order chi connectivity index (χ1) is 15.8. The fraction of sp³-hybridized carbons (Fsp3) is 0.304. The van der Waals surface area contributed by atoms with Crippen LogP contribution >= 0.6 is 11.8 Å². The molecule has 0 saturated carbocycles. The van der Waals surface area contributed by atoms with Crippen molar-refractivity contribution in [2.24, 2.45) is 5.92 Å². The van der Waals surface area contributed by atoms with Gasteiger partial charge in [-0.3, -0.25) is 14.7 Å². The molecule has 0 aliphatic carbocycles. The molecule has 0 aliphatic heterocycles. The third-order valence-corrected chi connectivity index (χ3v) is 5.51. The maximum Gasteiger partial charge on any atom is 0.321 e. The van der Waals surface area contributed by atoms with Gasteiger partial charge in [-0.25, -0.2) is 9.18 Å². The second kappa shape index (κ2) is 11.5. The standard InChI is InChI=1S/C23H26FN5O3S/c1-15(2)13-25-22(31)26-21(30)16(3)33-23-28-27-20(29(23)17-9-5-4-6-10-17)14-32-19-12-8-7-11-18(19)24/h4-12,15-16H,13-14H2,1-3H3,(H2,25,26,30,31). The molecule has 174 valence electrons. The molecule has 1 atom stereocenters. The van der Waals surface area contributed by atoms with Crippen LogP contribution in [-0.4, -0.2) is 38.5 Å². The van der Waals surface area contributed by atoms with Crippen LogP contribution in [0.3, 0.4) is 0 Å². The van der Waals surface area contributed by atoms with Crippen LogP contribution < -0.4 is 15.4 Å². The van der Waals surface area contributed by atoms with E-state index in [0.29, 0.717) is 17.5 Å². The Morgan fingerprint density at radius 3 is 2.45 bits per heavy atom. The van der Waals surface area contributed by atoms with Crippen LogP contribution in [-0.2, 0) is 11.4 Å². The van der Waals surface area contributed by atoms with E-state index in [0.717, 1.165) is 17.4 Å². The fourth-order valence-electron chi connectivity index (χ4n) is 2.78. The Hall–Kier alpha value is -3.40. The van der Waals surface area contributed by atoms with Crippen molar-refractivity contribution in [3.8, 4) is 11.4 Å². The number of urea groups is 1. The van der Waals surface area contributed by atoms with Gasteiger partial charge in [-0.2, -0.15) is 0 Å². The number of ether oxygens (including phenoxy) is 1. The van der Waals surface area contributed by atoms with Crippen molar-refractivity contribution in [2.75, 3.05) is 6.54 Å². The zero-order valence-electron chi connectivity index (χ0n) is 18.6. The Kier molecular flexibility index (Phi) is 8.42. The first kappa shape index (κ1) is 24.2. The first-order valence-corrected chi connectivity index (χ1v) is 11.4. The molecule has 1 unspecified atom stereocenters. The van der Waals surface area contributed by atoms with Gasteiger partial charge in [-0.1, -0.05) is 55.9 Å². The van der Waals surface area contributed by atoms with E-state index >= 15 is 0 Å². The molecule has 2 N–H and O–H groups in total. The summed E-state index contributed by atoms with van der Waals surface area (Å²) in [5, 5.41) is 13.2. The number of hydrogen-bond donors (Lipinski definition) is 2. The van der Waals surface area contributed by atoms with Gasteiger partial charge in [0.15, 0.2) is 22.5 Å². The number of aromatic nitrogens is 3. The minimum Gasteiger partial charge on any atom is -0.483 e. The molecule has 10 heteroatoms. The van der Waals surface area contributed by atoms with E-state index in [-0.39, 0.29) is 18.3 Å². The summed E-state index contributed by atoms with van der Waals surface area (Å²) in [6.45, 7) is 6.04. The van der Waals surface area contributed by atoms with Gasteiger partial charge < -0.3 is 10.1 Å². The fourth-order valence-corrected chi connectivity index (χ4v) is 3.66. The molecule has 3 rings (SSSR count). The quantitative estimate of drug-likeness (QED) is 0.459. The molecule has 0 radical (unpaired) electrons. The lowest BCUT2D eigenvalue weighted by Crippen LogP contribution is -2.43. The second-order valence-corrected chi connectivity index (χ2v) is 8.95. The van der Waals surface area contributed by atoms with Gasteiger partial charge >= 0.3 is 6.03 Å². The predicted octanol–water partition coefficient (Wildman–Crippen LogP) is 3.95.